The van der Waals surface area contributed by atoms with Gasteiger partial charge >= 0.3 is 0 Å². The highest BCUT2D eigenvalue weighted by Gasteiger charge is 2.26. The van der Waals surface area contributed by atoms with Crippen molar-refractivity contribution in [2.24, 2.45) is 5.92 Å². The van der Waals surface area contributed by atoms with Crippen LogP contribution in [0.5, 0.6) is 5.75 Å². The molecular formula is C24H30Br2N2O3. The van der Waals surface area contributed by atoms with Gasteiger partial charge in [0.15, 0.2) is 6.61 Å². The lowest BCUT2D eigenvalue weighted by molar-refractivity contribution is -0.142. The number of nitrogens with zero attached hydrogens (tertiary/aromatic N) is 1. The van der Waals surface area contributed by atoms with E-state index in [0.717, 1.165) is 25.6 Å². The van der Waals surface area contributed by atoms with Crippen LogP contribution < -0.4 is 10.1 Å². The molecular weight excluding hydrogens is 524 g/mol. The van der Waals surface area contributed by atoms with Gasteiger partial charge in [-0.05, 0) is 67.6 Å². The van der Waals surface area contributed by atoms with Gasteiger partial charge in [0.05, 0.1) is 0 Å². The molecule has 0 bridgehead atoms. The van der Waals surface area contributed by atoms with E-state index in [1.54, 1.807) is 11.8 Å². The molecule has 2 aromatic carbocycles. The topological polar surface area (TPSA) is 58.6 Å². The van der Waals surface area contributed by atoms with Gasteiger partial charge < -0.3 is 15.0 Å². The maximum absolute atomic E-state index is 13.1. The molecule has 0 heterocycles. The average molecular weight is 554 g/mol. The molecule has 0 saturated carbocycles. The lowest BCUT2D eigenvalue weighted by Crippen LogP contribution is -2.49. The van der Waals surface area contributed by atoms with Crippen molar-refractivity contribution >= 4 is 43.7 Å². The smallest absolute Gasteiger partial charge is 0.261 e. The fourth-order valence-corrected chi connectivity index (χ4v) is 3.76. The summed E-state index contributed by atoms with van der Waals surface area (Å²) in [5.41, 5.74) is 3.01. The van der Waals surface area contributed by atoms with E-state index in [1.165, 1.54) is 0 Å². The van der Waals surface area contributed by atoms with Gasteiger partial charge in [0.25, 0.3) is 5.91 Å². The molecule has 0 radical (unpaired) electrons. The summed E-state index contributed by atoms with van der Waals surface area (Å²) in [7, 11) is 0. The fourth-order valence-electron chi connectivity index (χ4n) is 3.08. The summed E-state index contributed by atoms with van der Waals surface area (Å²) in [6.07, 6.45) is 0. The number of carbonyl (C=O) groups is 2. The number of carbonyl (C=O) groups excluding carboxylic acids is 2. The SMILES string of the molecule is Cc1cc(OCC(=O)N(Cc2cccc(Br)c2)[C@H](C)C(=O)NCC(C)C)cc(C)c1Br. The van der Waals surface area contributed by atoms with Crippen LogP contribution >= 0.6 is 31.9 Å². The van der Waals surface area contributed by atoms with Crippen molar-refractivity contribution in [3.63, 3.8) is 0 Å². The lowest BCUT2D eigenvalue weighted by Gasteiger charge is -2.29. The fraction of sp³-hybridized carbons (Fsp3) is 0.417. The van der Waals surface area contributed by atoms with Gasteiger partial charge in [-0.3, -0.25) is 9.59 Å². The second-order valence-electron chi connectivity index (χ2n) is 8.13. The zero-order chi connectivity index (χ0) is 23.1. The van der Waals surface area contributed by atoms with E-state index in [0.29, 0.717) is 24.8 Å². The molecule has 2 rings (SSSR count). The molecule has 1 N–H and O–H groups in total. The summed E-state index contributed by atoms with van der Waals surface area (Å²) in [5.74, 6) is 0.543. The summed E-state index contributed by atoms with van der Waals surface area (Å²) in [5, 5.41) is 2.92. The first-order valence-corrected chi connectivity index (χ1v) is 11.9. The second kappa shape index (κ2) is 11.7. The predicted octanol–water partition coefficient (Wildman–Crippen LogP) is 5.40. The third-order valence-electron chi connectivity index (χ3n) is 4.87. The van der Waals surface area contributed by atoms with E-state index in [1.807, 2.05) is 64.1 Å². The summed E-state index contributed by atoms with van der Waals surface area (Å²) >= 11 is 7.01. The molecule has 1 atom stereocenters. The van der Waals surface area contributed by atoms with Crippen LogP contribution in [0.15, 0.2) is 45.3 Å². The molecule has 7 heteroatoms. The molecule has 0 unspecified atom stereocenters. The highest BCUT2D eigenvalue weighted by atomic mass is 79.9. The minimum Gasteiger partial charge on any atom is -0.484 e. The highest BCUT2D eigenvalue weighted by Crippen LogP contribution is 2.26. The van der Waals surface area contributed by atoms with E-state index >= 15 is 0 Å². The Hall–Kier alpha value is -1.86. The molecule has 0 saturated heterocycles. The second-order valence-corrected chi connectivity index (χ2v) is 9.83. The molecule has 2 amide bonds. The molecule has 0 fully saturated rings. The Kier molecular flexibility index (Phi) is 9.56. The van der Waals surface area contributed by atoms with Gasteiger partial charge in [-0.15, -0.1) is 0 Å². The number of amides is 2. The number of nitrogens with one attached hydrogen (secondary N) is 1. The number of rotatable bonds is 9. The van der Waals surface area contributed by atoms with Crippen molar-refractivity contribution < 1.29 is 14.3 Å². The van der Waals surface area contributed by atoms with Crippen LogP contribution in [0.4, 0.5) is 0 Å². The van der Waals surface area contributed by atoms with Gasteiger partial charge in [0.2, 0.25) is 5.91 Å². The Morgan fingerprint density at radius 1 is 1.06 bits per heavy atom. The molecule has 0 aliphatic carbocycles. The van der Waals surface area contributed by atoms with Crippen LogP contribution in [0.3, 0.4) is 0 Å². The molecule has 2 aromatic rings. The van der Waals surface area contributed by atoms with Crippen molar-refractivity contribution in [1.29, 1.82) is 0 Å². The van der Waals surface area contributed by atoms with Gasteiger partial charge in [-0.25, -0.2) is 0 Å². The number of ether oxygens (including phenoxy) is 1. The van der Waals surface area contributed by atoms with Gasteiger partial charge in [0, 0.05) is 22.0 Å². The maximum Gasteiger partial charge on any atom is 0.261 e. The van der Waals surface area contributed by atoms with Gasteiger partial charge in [-0.2, -0.15) is 0 Å². The van der Waals surface area contributed by atoms with Crippen LogP contribution in [0, 0.1) is 19.8 Å². The first-order chi connectivity index (χ1) is 14.6. The highest BCUT2D eigenvalue weighted by molar-refractivity contribution is 9.10. The monoisotopic (exact) mass is 552 g/mol. The first-order valence-electron chi connectivity index (χ1n) is 10.3. The molecule has 0 aromatic heterocycles. The zero-order valence-electron chi connectivity index (χ0n) is 18.7. The minimum absolute atomic E-state index is 0.143. The Balaban J connectivity index is 2.17. The lowest BCUT2D eigenvalue weighted by atomic mass is 10.1. The number of halogens is 2. The van der Waals surface area contributed by atoms with E-state index in [4.69, 9.17) is 4.74 Å². The molecule has 0 aliphatic rings. The molecule has 31 heavy (non-hydrogen) atoms. The maximum atomic E-state index is 13.1. The number of benzene rings is 2. The molecule has 168 valence electrons. The van der Waals surface area contributed by atoms with Crippen molar-refractivity contribution in [3.8, 4) is 5.75 Å². The normalized spacial score (nSPS) is 11.9. The van der Waals surface area contributed by atoms with Crippen LogP contribution in [0.25, 0.3) is 0 Å². The summed E-state index contributed by atoms with van der Waals surface area (Å²) in [4.78, 5) is 27.4. The zero-order valence-corrected chi connectivity index (χ0v) is 21.8. The summed E-state index contributed by atoms with van der Waals surface area (Å²) in [6, 6.07) is 10.9. The van der Waals surface area contributed by atoms with Crippen LogP contribution in [-0.2, 0) is 16.1 Å². The van der Waals surface area contributed by atoms with Crippen LogP contribution in [-0.4, -0.2) is 35.9 Å². The third kappa shape index (κ3) is 7.65. The summed E-state index contributed by atoms with van der Waals surface area (Å²) < 4.78 is 7.75. The quantitative estimate of drug-likeness (QED) is 0.452. The average Bonchev–Trinajstić information content (AvgIpc) is 2.71. The molecule has 5 nitrogen and oxygen atoms in total. The van der Waals surface area contributed by atoms with Gasteiger partial charge in [-0.1, -0.05) is 57.8 Å². The Bertz CT molecular complexity index is 908. The largest absolute Gasteiger partial charge is 0.484 e. The van der Waals surface area contributed by atoms with E-state index in [2.05, 4.69) is 37.2 Å². The third-order valence-corrected chi connectivity index (χ3v) is 6.61. The number of hydrogen-bond acceptors (Lipinski definition) is 3. The molecule has 0 aliphatic heterocycles. The first kappa shape index (κ1) is 25.4. The van der Waals surface area contributed by atoms with Crippen molar-refractivity contribution in [2.75, 3.05) is 13.2 Å². The summed E-state index contributed by atoms with van der Waals surface area (Å²) in [6.45, 7) is 10.5. The Morgan fingerprint density at radius 3 is 2.29 bits per heavy atom. The Labute approximate surface area is 201 Å². The van der Waals surface area contributed by atoms with E-state index < -0.39 is 6.04 Å². The van der Waals surface area contributed by atoms with Crippen LogP contribution in [0.1, 0.15) is 37.5 Å². The standard InChI is InChI=1S/C24H30Br2N2O3/c1-15(2)12-27-24(30)18(5)28(13-19-7-6-8-20(25)11-19)22(29)14-31-21-9-16(3)23(26)17(4)10-21/h6-11,15,18H,12-14H2,1-5H3,(H,27,30)/t18-/m1/s1. The number of aryl methyl sites for hydroxylation is 2. The van der Waals surface area contributed by atoms with E-state index in [9.17, 15) is 9.59 Å². The van der Waals surface area contributed by atoms with Crippen molar-refractivity contribution in [1.82, 2.24) is 10.2 Å². The van der Waals surface area contributed by atoms with Gasteiger partial charge in [0.1, 0.15) is 11.8 Å². The van der Waals surface area contributed by atoms with Crippen LogP contribution in [0.2, 0.25) is 0 Å². The Morgan fingerprint density at radius 2 is 1.71 bits per heavy atom. The predicted molar refractivity (Wildman–Crippen MR) is 131 cm³/mol. The minimum atomic E-state index is -0.623. The molecule has 0 spiro atoms. The van der Waals surface area contributed by atoms with Crippen molar-refractivity contribution in [3.05, 3.63) is 62.0 Å². The van der Waals surface area contributed by atoms with Crippen molar-refractivity contribution in [2.45, 2.75) is 47.2 Å². The number of hydrogen-bond donors (Lipinski definition) is 1. The van der Waals surface area contributed by atoms with E-state index in [-0.39, 0.29) is 18.4 Å².